The molecule has 0 saturated carbocycles. The van der Waals surface area contributed by atoms with Crippen molar-refractivity contribution in [3.63, 3.8) is 0 Å². The highest BCUT2D eigenvalue weighted by Crippen LogP contribution is 2.34. The van der Waals surface area contributed by atoms with E-state index >= 15 is 0 Å². The van der Waals surface area contributed by atoms with Crippen molar-refractivity contribution in [2.45, 2.75) is 13.3 Å². The van der Waals surface area contributed by atoms with Gasteiger partial charge in [0.1, 0.15) is 0 Å². The van der Waals surface area contributed by atoms with Gasteiger partial charge in [-0.25, -0.2) is 0 Å². The maximum absolute atomic E-state index is 11.5. The molecule has 4 heteroatoms. The second-order valence-electron chi connectivity index (χ2n) is 3.58. The molecule has 1 N–H and O–H groups in total. The molecule has 1 aliphatic rings. The molecule has 1 aliphatic heterocycles. The number of carbonyl (C=O) groups excluding carboxylic acids is 1. The van der Waals surface area contributed by atoms with Gasteiger partial charge in [0.05, 0.1) is 11.4 Å². The van der Waals surface area contributed by atoms with E-state index < -0.39 is 0 Å². The van der Waals surface area contributed by atoms with E-state index in [1.165, 1.54) is 0 Å². The molecule has 3 nitrogen and oxygen atoms in total. The van der Waals surface area contributed by atoms with Gasteiger partial charge in [-0.3, -0.25) is 4.79 Å². The van der Waals surface area contributed by atoms with Gasteiger partial charge < -0.3 is 10.2 Å². The van der Waals surface area contributed by atoms with Gasteiger partial charge in [0, 0.05) is 24.5 Å². The van der Waals surface area contributed by atoms with Crippen molar-refractivity contribution in [1.82, 2.24) is 0 Å². The van der Waals surface area contributed by atoms with Crippen LogP contribution >= 0.6 is 15.9 Å². The normalized spacial score (nSPS) is 15.2. The summed E-state index contributed by atoms with van der Waals surface area (Å²) in [6, 6.07) is 5.90. The molecule has 0 aliphatic carbocycles. The molecule has 0 unspecified atom stereocenters. The molecule has 15 heavy (non-hydrogen) atoms. The zero-order chi connectivity index (χ0) is 10.8. The van der Waals surface area contributed by atoms with Crippen LogP contribution < -0.4 is 10.2 Å². The fourth-order valence-electron chi connectivity index (χ4n) is 1.81. The topological polar surface area (TPSA) is 32.3 Å². The lowest BCUT2D eigenvalue weighted by Crippen LogP contribution is -2.28. The van der Waals surface area contributed by atoms with Gasteiger partial charge in [-0.05, 0) is 34.5 Å². The Morgan fingerprint density at radius 1 is 1.53 bits per heavy atom. The summed E-state index contributed by atoms with van der Waals surface area (Å²) in [5.74, 6) is 0.0954. The van der Waals surface area contributed by atoms with E-state index in [0.29, 0.717) is 0 Å². The lowest BCUT2D eigenvalue weighted by molar-refractivity contribution is -0.116. The van der Waals surface area contributed by atoms with Gasteiger partial charge >= 0.3 is 0 Å². The van der Waals surface area contributed by atoms with Gasteiger partial charge in [0.25, 0.3) is 0 Å². The molecule has 0 radical (unpaired) electrons. The van der Waals surface area contributed by atoms with Gasteiger partial charge in [-0.1, -0.05) is 6.07 Å². The van der Waals surface area contributed by atoms with Crippen LogP contribution in [0.3, 0.4) is 0 Å². The van der Waals surface area contributed by atoms with Crippen molar-refractivity contribution in [2.75, 3.05) is 23.3 Å². The van der Waals surface area contributed by atoms with Crippen LogP contribution in [0.4, 0.5) is 11.4 Å². The number of nitrogens with zero attached hydrogens (tertiary/aromatic N) is 1. The number of para-hydroxylation sites is 1. The minimum Gasteiger partial charge on any atom is -0.382 e. The van der Waals surface area contributed by atoms with Crippen LogP contribution in [0.5, 0.6) is 0 Å². The highest BCUT2D eigenvalue weighted by molar-refractivity contribution is 9.10. The molecule has 0 aromatic heterocycles. The van der Waals surface area contributed by atoms with Crippen molar-refractivity contribution < 1.29 is 4.79 Å². The summed E-state index contributed by atoms with van der Waals surface area (Å²) in [5.41, 5.74) is 1.99. The fraction of sp³-hybridized carbons (Fsp3) is 0.364. The summed E-state index contributed by atoms with van der Waals surface area (Å²) in [4.78, 5) is 13.3. The number of benzene rings is 1. The van der Waals surface area contributed by atoms with Crippen molar-refractivity contribution in [2.24, 2.45) is 0 Å². The zero-order valence-electron chi connectivity index (χ0n) is 8.59. The summed E-state index contributed by atoms with van der Waals surface area (Å²) >= 11 is 3.49. The maximum Gasteiger partial charge on any atom is 0.223 e. The van der Waals surface area contributed by atoms with Gasteiger partial charge in [-0.2, -0.15) is 0 Å². The first-order valence-corrected chi connectivity index (χ1v) is 5.80. The Labute approximate surface area is 97.6 Å². The van der Waals surface area contributed by atoms with Crippen LogP contribution in [0, 0.1) is 0 Å². The minimum atomic E-state index is 0.0954. The van der Waals surface area contributed by atoms with Crippen LogP contribution in [0.15, 0.2) is 22.7 Å². The van der Waals surface area contributed by atoms with Gasteiger partial charge in [-0.15, -0.1) is 0 Å². The monoisotopic (exact) mass is 268 g/mol. The first kappa shape index (κ1) is 10.5. The second-order valence-corrected chi connectivity index (χ2v) is 4.44. The first-order valence-electron chi connectivity index (χ1n) is 5.00. The number of halogens is 1. The largest absolute Gasteiger partial charge is 0.382 e. The molecule has 0 saturated heterocycles. The highest BCUT2D eigenvalue weighted by atomic mass is 79.9. The Kier molecular flexibility index (Phi) is 2.95. The number of fused-ring (bicyclic) bond motifs is 1. The average molecular weight is 269 g/mol. The molecule has 1 amide bonds. The van der Waals surface area contributed by atoms with Crippen LogP contribution in [0.1, 0.15) is 13.3 Å². The van der Waals surface area contributed by atoms with Crippen molar-refractivity contribution >= 4 is 33.2 Å². The van der Waals surface area contributed by atoms with Crippen molar-refractivity contribution in [3.05, 3.63) is 22.7 Å². The van der Waals surface area contributed by atoms with E-state index in [0.717, 1.165) is 35.4 Å². The molecule has 2 rings (SSSR count). The molecule has 0 fully saturated rings. The Morgan fingerprint density at radius 3 is 3.07 bits per heavy atom. The molecule has 0 bridgehead atoms. The van der Waals surface area contributed by atoms with E-state index in [1.54, 1.807) is 6.92 Å². The molecule has 1 aromatic rings. The molecule has 80 valence electrons. The predicted molar refractivity (Wildman–Crippen MR) is 65.3 cm³/mol. The Balaban J connectivity index is 2.49. The number of nitrogens with one attached hydrogen (secondary N) is 1. The van der Waals surface area contributed by atoms with Crippen molar-refractivity contribution in [3.8, 4) is 0 Å². The number of hydrogen-bond acceptors (Lipinski definition) is 2. The standard InChI is InChI=1S/C11H13BrN2O/c1-8(15)14-7-3-6-13-11-9(12)4-2-5-10(11)14/h2,4-5,13H,3,6-7H2,1H3. The zero-order valence-corrected chi connectivity index (χ0v) is 10.2. The summed E-state index contributed by atoms with van der Waals surface area (Å²) in [6.07, 6.45) is 0.973. The van der Waals surface area contributed by atoms with Crippen molar-refractivity contribution in [1.29, 1.82) is 0 Å². The van der Waals surface area contributed by atoms with E-state index in [9.17, 15) is 4.79 Å². The number of anilines is 2. The molecule has 0 spiro atoms. The molecule has 0 atom stereocenters. The SMILES string of the molecule is CC(=O)N1CCCNc2c(Br)cccc21. The van der Waals surface area contributed by atoms with Crippen LogP contribution in [-0.2, 0) is 4.79 Å². The fourth-order valence-corrected chi connectivity index (χ4v) is 2.31. The van der Waals surface area contributed by atoms with E-state index in [-0.39, 0.29) is 5.91 Å². The third-order valence-electron chi connectivity index (χ3n) is 2.52. The molecular weight excluding hydrogens is 256 g/mol. The minimum absolute atomic E-state index is 0.0954. The maximum atomic E-state index is 11.5. The molecular formula is C11H13BrN2O. The Bertz CT molecular complexity index is 392. The third kappa shape index (κ3) is 2.00. The number of carbonyl (C=O) groups is 1. The predicted octanol–water partition coefficient (Wildman–Crippen LogP) is 2.62. The molecule has 1 heterocycles. The molecule has 1 aromatic carbocycles. The smallest absolute Gasteiger partial charge is 0.223 e. The van der Waals surface area contributed by atoms with Crippen LogP contribution in [0.2, 0.25) is 0 Å². The Morgan fingerprint density at radius 2 is 2.33 bits per heavy atom. The van der Waals surface area contributed by atoms with Gasteiger partial charge in [0.15, 0.2) is 0 Å². The highest BCUT2D eigenvalue weighted by Gasteiger charge is 2.19. The summed E-state index contributed by atoms with van der Waals surface area (Å²) < 4.78 is 1.01. The van der Waals surface area contributed by atoms with E-state index in [2.05, 4.69) is 21.2 Å². The Hall–Kier alpha value is -1.03. The number of amides is 1. The first-order chi connectivity index (χ1) is 7.20. The number of hydrogen-bond donors (Lipinski definition) is 1. The van der Waals surface area contributed by atoms with E-state index in [4.69, 9.17) is 0 Å². The number of rotatable bonds is 0. The lowest BCUT2D eigenvalue weighted by Gasteiger charge is -2.21. The quantitative estimate of drug-likeness (QED) is 0.785. The van der Waals surface area contributed by atoms with Crippen LogP contribution in [0.25, 0.3) is 0 Å². The second kappa shape index (κ2) is 4.23. The summed E-state index contributed by atoms with van der Waals surface area (Å²) in [7, 11) is 0. The lowest BCUT2D eigenvalue weighted by atomic mass is 10.2. The van der Waals surface area contributed by atoms with Crippen LogP contribution in [-0.4, -0.2) is 19.0 Å². The average Bonchev–Trinajstić information content (AvgIpc) is 2.40. The summed E-state index contributed by atoms with van der Waals surface area (Å²) in [6.45, 7) is 3.29. The summed E-state index contributed by atoms with van der Waals surface area (Å²) in [5, 5.41) is 3.34. The third-order valence-corrected chi connectivity index (χ3v) is 3.18. The van der Waals surface area contributed by atoms with E-state index in [1.807, 2.05) is 23.1 Å². The van der Waals surface area contributed by atoms with Gasteiger partial charge in [0.2, 0.25) is 5.91 Å².